The molecule has 0 saturated heterocycles. The van der Waals surface area contributed by atoms with E-state index >= 15 is 0 Å². The fraction of sp³-hybridized carbons (Fsp3) is 1.00. The number of aliphatic hydroxyl groups is 1. The van der Waals surface area contributed by atoms with Gasteiger partial charge in [0.15, 0.2) is 0 Å². The molecular weight excluding hydrogens is 240 g/mol. The van der Waals surface area contributed by atoms with Crippen LogP contribution in [0, 0.1) is 5.92 Å². The van der Waals surface area contributed by atoms with Crippen LogP contribution in [0.2, 0.25) is 0 Å². The van der Waals surface area contributed by atoms with Crippen molar-refractivity contribution in [2.24, 2.45) is 5.92 Å². The first-order valence-corrected chi connectivity index (χ1v) is 7.60. The fourth-order valence-corrected chi connectivity index (χ4v) is 2.71. The molecule has 104 valence electrons. The molecule has 0 spiro atoms. The third-order valence-corrected chi connectivity index (χ3v) is 4.89. The summed E-state index contributed by atoms with van der Waals surface area (Å²) in [6, 6.07) is -0.0993. The standard InChI is InChI=1S/C11H26N2O3S/c1-6-10(7-2)11(14)8-12-17(15,16)13(5)9(3)4/h9-12,14H,6-8H2,1-5H3. The second kappa shape index (κ2) is 7.31. The highest BCUT2D eigenvalue weighted by Crippen LogP contribution is 2.12. The highest BCUT2D eigenvalue weighted by molar-refractivity contribution is 7.87. The Balaban J connectivity index is 4.37. The molecule has 0 fully saturated rings. The van der Waals surface area contributed by atoms with Gasteiger partial charge in [0.05, 0.1) is 6.10 Å². The van der Waals surface area contributed by atoms with Crippen LogP contribution < -0.4 is 4.72 Å². The molecule has 0 saturated carbocycles. The summed E-state index contributed by atoms with van der Waals surface area (Å²) in [7, 11) is -1.96. The summed E-state index contributed by atoms with van der Waals surface area (Å²) in [6.45, 7) is 7.66. The van der Waals surface area contributed by atoms with Gasteiger partial charge in [0, 0.05) is 19.6 Å². The molecular formula is C11H26N2O3S. The zero-order chi connectivity index (χ0) is 13.6. The smallest absolute Gasteiger partial charge is 0.279 e. The first kappa shape index (κ1) is 16.8. The van der Waals surface area contributed by atoms with Gasteiger partial charge in [-0.2, -0.15) is 17.4 Å². The number of rotatable bonds is 8. The number of aliphatic hydroxyl groups excluding tert-OH is 1. The number of nitrogens with one attached hydrogen (secondary N) is 1. The Kier molecular flexibility index (Phi) is 7.23. The molecule has 0 aliphatic rings. The predicted molar refractivity (Wildman–Crippen MR) is 69.9 cm³/mol. The minimum atomic E-state index is -3.48. The zero-order valence-corrected chi connectivity index (χ0v) is 12.3. The van der Waals surface area contributed by atoms with E-state index in [2.05, 4.69) is 4.72 Å². The molecule has 0 aromatic heterocycles. The van der Waals surface area contributed by atoms with E-state index in [1.54, 1.807) is 13.8 Å². The van der Waals surface area contributed by atoms with Crippen molar-refractivity contribution in [3.8, 4) is 0 Å². The summed E-state index contributed by atoms with van der Waals surface area (Å²) in [6.07, 6.45) is 1.07. The van der Waals surface area contributed by atoms with Crippen LogP contribution in [0.4, 0.5) is 0 Å². The Morgan fingerprint density at radius 1 is 1.24 bits per heavy atom. The van der Waals surface area contributed by atoms with Crippen LogP contribution in [-0.2, 0) is 10.2 Å². The summed E-state index contributed by atoms with van der Waals surface area (Å²) in [5.41, 5.74) is 0. The third-order valence-electron chi connectivity index (χ3n) is 3.17. The highest BCUT2D eigenvalue weighted by atomic mass is 32.2. The van der Waals surface area contributed by atoms with Crippen LogP contribution >= 0.6 is 0 Å². The first-order valence-electron chi connectivity index (χ1n) is 6.16. The van der Waals surface area contributed by atoms with E-state index in [-0.39, 0.29) is 18.5 Å². The van der Waals surface area contributed by atoms with Crippen LogP contribution in [0.25, 0.3) is 0 Å². The Morgan fingerprint density at radius 3 is 2.06 bits per heavy atom. The summed E-state index contributed by atoms with van der Waals surface area (Å²) in [4.78, 5) is 0. The van der Waals surface area contributed by atoms with Crippen molar-refractivity contribution in [1.29, 1.82) is 0 Å². The van der Waals surface area contributed by atoms with Crippen LogP contribution in [0.5, 0.6) is 0 Å². The first-order chi connectivity index (χ1) is 7.76. The maximum absolute atomic E-state index is 11.8. The molecule has 1 unspecified atom stereocenters. The lowest BCUT2D eigenvalue weighted by Gasteiger charge is -2.24. The molecule has 0 bridgehead atoms. The molecule has 17 heavy (non-hydrogen) atoms. The Morgan fingerprint density at radius 2 is 1.71 bits per heavy atom. The second-order valence-electron chi connectivity index (χ2n) is 4.61. The molecule has 2 N–H and O–H groups in total. The molecule has 0 aliphatic heterocycles. The van der Waals surface area contributed by atoms with Gasteiger partial charge in [0.25, 0.3) is 10.2 Å². The molecule has 0 amide bonds. The maximum Gasteiger partial charge on any atom is 0.279 e. The Hall–Kier alpha value is -0.170. The van der Waals surface area contributed by atoms with Gasteiger partial charge in [0.1, 0.15) is 0 Å². The van der Waals surface area contributed by atoms with Crippen molar-refractivity contribution in [2.75, 3.05) is 13.6 Å². The molecule has 0 aromatic carbocycles. The van der Waals surface area contributed by atoms with Gasteiger partial charge >= 0.3 is 0 Å². The van der Waals surface area contributed by atoms with Crippen molar-refractivity contribution in [3.63, 3.8) is 0 Å². The highest BCUT2D eigenvalue weighted by Gasteiger charge is 2.23. The van der Waals surface area contributed by atoms with Crippen molar-refractivity contribution in [1.82, 2.24) is 9.03 Å². The van der Waals surface area contributed by atoms with Crippen LogP contribution in [0.1, 0.15) is 40.5 Å². The third kappa shape index (κ3) is 5.33. The average molecular weight is 266 g/mol. The largest absolute Gasteiger partial charge is 0.391 e. The number of hydrogen-bond acceptors (Lipinski definition) is 3. The molecule has 0 aliphatic carbocycles. The molecule has 0 rings (SSSR count). The van der Waals surface area contributed by atoms with Gasteiger partial charge in [-0.05, 0) is 19.8 Å². The lowest BCUT2D eigenvalue weighted by atomic mass is 9.97. The van der Waals surface area contributed by atoms with Crippen LogP contribution in [-0.4, -0.2) is 43.6 Å². The molecule has 6 heteroatoms. The van der Waals surface area contributed by atoms with Crippen LogP contribution in [0.3, 0.4) is 0 Å². The average Bonchev–Trinajstić information content (AvgIpc) is 2.27. The fourth-order valence-electron chi connectivity index (χ4n) is 1.57. The molecule has 0 aromatic rings. The summed E-state index contributed by atoms with van der Waals surface area (Å²) in [5, 5.41) is 9.85. The van der Waals surface area contributed by atoms with Crippen molar-refractivity contribution in [3.05, 3.63) is 0 Å². The SMILES string of the molecule is CCC(CC)C(O)CNS(=O)(=O)N(C)C(C)C. The molecule has 5 nitrogen and oxygen atoms in total. The van der Waals surface area contributed by atoms with Gasteiger partial charge in [-0.25, -0.2) is 0 Å². The summed E-state index contributed by atoms with van der Waals surface area (Å²) < 4.78 is 27.3. The topological polar surface area (TPSA) is 69.6 Å². The second-order valence-corrected chi connectivity index (χ2v) is 6.42. The van der Waals surface area contributed by atoms with E-state index < -0.39 is 16.3 Å². The summed E-state index contributed by atoms with van der Waals surface area (Å²) >= 11 is 0. The van der Waals surface area contributed by atoms with E-state index in [9.17, 15) is 13.5 Å². The Labute approximate surface area is 105 Å². The lowest BCUT2D eigenvalue weighted by molar-refractivity contribution is 0.106. The van der Waals surface area contributed by atoms with E-state index in [4.69, 9.17) is 0 Å². The number of nitrogens with zero attached hydrogens (tertiary/aromatic N) is 1. The predicted octanol–water partition coefficient (Wildman–Crippen LogP) is 0.958. The summed E-state index contributed by atoms with van der Waals surface area (Å²) in [5.74, 6) is 0.141. The van der Waals surface area contributed by atoms with Gasteiger partial charge < -0.3 is 5.11 Å². The van der Waals surface area contributed by atoms with Gasteiger partial charge in [-0.15, -0.1) is 0 Å². The van der Waals surface area contributed by atoms with Crippen molar-refractivity contribution >= 4 is 10.2 Å². The van der Waals surface area contributed by atoms with Crippen LogP contribution in [0.15, 0.2) is 0 Å². The lowest BCUT2D eigenvalue weighted by Crippen LogP contribution is -2.45. The Bertz CT molecular complexity index is 300. The molecule has 1 atom stereocenters. The minimum Gasteiger partial charge on any atom is -0.391 e. The minimum absolute atomic E-state index is 0.0751. The van der Waals surface area contributed by atoms with Crippen molar-refractivity contribution < 1.29 is 13.5 Å². The quantitative estimate of drug-likeness (QED) is 0.687. The van der Waals surface area contributed by atoms with Crippen molar-refractivity contribution in [2.45, 2.75) is 52.7 Å². The van der Waals surface area contributed by atoms with E-state index in [1.165, 1.54) is 11.4 Å². The van der Waals surface area contributed by atoms with Gasteiger partial charge in [-0.1, -0.05) is 26.7 Å². The normalized spacial score (nSPS) is 14.9. The monoisotopic (exact) mass is 266 g/mol. The van der Waals surface area contributed by atoms with E-state index in [0.29, 0.717) is 0 Å². The maximum atomic E-state index is 11.8. The zero-order valence-electron chi connectivity index (χ0n) is 11.5. The van der Waals surface area contributed by atoms with E-state index in [1.807, 2.05) is 13.8 Å². The molecule has 0 heterocycles. The van der Waals surface area contributed by atoms with Gasteiger partial charge in [-0.3, -0.25) is 0 Å². The van der Waals surface area contributed by atoms with E-state index in [0.717, 1.165) is 12.8 Å². The molecule has 0 radical (unpaired) electrons. The number of hydrogen-bond donors (Lipinski definition) is 2. The van der Waals surface area contributed by atoms with Gasteiger partial charge in [0.2, 0.25) is 0 Å².